The van der Waals surface area contributed by atoms with Crippen LogP contribution in [0, 0.1) is 0 Å². The Hall–Kier alpha value is -3.71. The minimum atomic E-state index is -0.560. The van der Waals surface area contributed by atoms with Gasteiger partial charge in [-0.05, 0) is 60.0 Å². The van der Waals surface area contributed by atoms with E-state index >= 15 is 0 Å². The molecule has 0 radical (unpaired) electrons. The third kappa shape index (κ3) is 4.78. The predicted octanol–water partition coefficient (Wildman–Crippen LogP) is 0.728. The van der Waals surface area contributed by atoms with E-state index in [-0.39, 0.29) is 35.5 Å². The summed E-state index contributed by atoms with van der Waals surface area (Å²) in [7, 11) is 1.46. The van der Waals surface area contributed by atoms with Crippen LogP contribution in [0.1, 0.15) is 34.6 Å². The average Bonchev–Trinajstić information content (AvgIpc) is 3.50. The number of hydrogen-bond acceptors (Lipinski definition) is 11. The molecule has 3 aromatic rings. The van der Waals surface area contributed by atoms with Crippen LogP contribution in [0.2, 0.25) is 0 Å². The molecule has 1 aliphatic rings. The van der Waals surface area contributed by atoms with Crippen LogP contribution in [0.5, 0.6) is 11.5 Å². The van der Waals surface area contributed by atoms with Gasteiger partial charge in [0.2, 0.25) is 11.6 Å². The van der Waals surface area contributed by atoms with Crippen LogP contribution in [0.25, 0.3) is 5.82 Å². The molecule has 14 heteroatoms. The maximum Gasteiger partial charge on any atom is 0.292 e. The van der Waals surface area contributed by atoms with Crippen molar-refractivity contribution in [2.24, 2.45) is 5.10 Å². The Morgan fingerprint density at radius 1 is 1.38 bits per heavy atom. The second-order valence-electron chi connectivity index (χ2n) is 6.88. The van der Waals surface area contributed by atoms with Crippen molar-refractivity contribution in [2.45, 2.75) is 19.4 Å². The monoisotopic (exact) mass is 463 g/mol. The molecular formula is C18H22ClN9O4. The maximum absolute atomic E-state index is 13.0. The molecule has 0 saturated carbocycles. The van der Waals surface area contributed by atoms with Crippen molar-refractivity contribution in [3.8, 4) is 17.3 Å². The molecule has 2 aromatic heterocycles. The first-order valence-electron chi connectivity index (χ1n) is 9.52. The largest absolute Gasteiger partial charge is 0.504 e. The fourth-order valence-electron chi connectivity index (χ4n) is 3.29. The summed E-state index contributed by atoms with van der Waals surface area (Å²) in [4.78, 5) is 15.1. The summed E-state index contributed by atoms with van der Waals surface area (Å²) in [6.45, 7) is 2.28. The number of nitrogen functional groups attached to an aromatic ring is 1. The molecule has 0 aliphatic carbocycles. The van der Waals surface area contributed by atoms with Gasteiger partial charge in [0.05, 0.1) is 13.3 Å². The third-order valence-corrected chi connectivity index (χ3v) is 4.81. The molecule has 1 fully saturated rings. The number of anilines is 1. The molecule has 32 heavy (non-hydrogen) atoms. The highest BCUT2D eigenvalue weighted by molar-refractivity contribution is 5.95. The smallest absolute Gasteiger partial charge is 0.292 e. The van der Waals surface area contributed by atoms with Gasteiger partial charge >= 0.3 is 0 Å². The van der Waals surface area contributed by atoms with Crippen molar-refractivity contribution in [2.75, 3.05) is 25.9 Å². The molecule has 13 nitrogen and oxygen atoms in total. The standard InChI is InChI=1S/C18H21N9O4.ClH/c1-30-14-5-4-11(8-13(14)28)9-20-22-18(29)15-12(10-26-6-2-3-7-26)21-25-27(15)17-16(19)23-31-24-17;/h4-5,8-9,28H,2-3,6-7,10H2,1H3,(H2,19,23)(H,22,29);1H/b20-9+;. The number of methoxy groups -OCH3 is 1. The number of ether oxygens (including phenoxy) is 1. The zero-order valence-corrected chi connectivity index (χ0v) is 17.9. The highest BCUT2D eigenvalue weighted by atomic mass is 35.5. The zero-order chi connectivity index (χ0) is 21.8. The fourth-order valence-corrected chi connectivity index (χ4v) is 3.29. The van der Waals surface area contributed by atoms with Gasteiger partial charge in [-0.25, -0.2) is 10.1 Å². The molecule has 4 N–H and O–H groups in total. The van der Waals surface area contributed by atoms with Gasteiger partial charge in [0.15, 0.2) is 17.2 Å². The van der Waals surface area contributed by atoms with E-state index in [4.69, 9.17) is 10.5 Å². The minimum Gasteiger partial charge on any atom is -0.504 e. The van der Waals surface area contributed by atoms with Crippen molar-refractivity contribution in [1.29, 1.82) is 0 Å². The summed E-state index contributed by atoms with van der Waals surface area (Å²) in [6.07, 6.45) is 3.57. The lowest BCUT2D eigenvalue weighted by atomic mass is 10.2. The number of phenolic OH excluding ortho intramolecular Hbond substituents is 1. The van der Waals surface area contributed by atoms with Crippen molar-refractivity contribution in [1.82, 2.24) is 35.6 Å². The van der Waals surface area contributed by atoms with E-state index in [2.05, 4.69) is 40.7 Å². The number of carbonyl (C=O) groups is 1. The van der Waals surface area contributed by atoms with Crippen molar-refractivity contribution < 1.29 is 19.3 Å². The lowest BCUT2D eigenvalue weighted by Gasteiger charge is -2.13. The van der Waals surface area contributed by atoms with E-state index in [1.54, 1.807) is 12.1 Å². The summed E-state index contributed by atoms with van der Waals surface area (Å²) < 4.78 is 10.8. The minimum absolute atomic E-state index is 0. The number of aromatic nitrogens is 5. The summed E-state index contributed by atoms with van der Waals surface area (Å²) in [5, 5.41) is 29.2. The Morgan fingerprint density at radius 2 is 2.16 bits per heavy atom. The molecule has 1 aliphatic heterocycles. The van der Waals surface area contributed by atoms with Crippen LogP contribution >= 0.6 is 12.4 Å². The Morgan fingerprint density at radius 3 is 2.81 bits per heavy atom. The predicted molar refractivity (Wildman–Crippen MR) is 115 cm³/mol. The van der Waals surface area contributed by atoms with Gasteiger partial charge in [-0.2, -0.15) is 9.78 Å². The molecule has 170 valence electrons. The molecule has 4 rings (SSSR count). The molecule has 3 heterocycles. The van der Waals surface area contributed by atoms with Crippen LogP contribution in [0.3, 0.4) is 0 Å². The van der Waals surface area contributed by atoms with Gasteiger partial charge in [-0.15, -0.1) is 17.5 Å². The summed E-state index contributed by atoms with van der Waals surface area (Å²) in [5.41, 5.74) is 9.36. The van der Waals surface area contributed by atoms with Crippen LogP contribution < -0.4 is 15.9 Å². The first kappa shape index (κ1) is 23.0. The number of hydrogen-bond donors (Lipinski definition) is 3. The molecule has 0 spiro atoms. The van der Waals surface area contributed by atoms with Crippen molar-refractivity contribution in [3.63, 3.8) is 0 Å². The number of aromatic hydroxyl groups is 1. The number of phenols is 1. The number of hydrazone groups is 1. The van der Waals surface area contributed by atoms with Gasteiger partial charge < -0.3 is 15.6 Å². The van der Waals surface area contributed by atoms with E-state index in [0.29, 0.717) is 23.6 Å². The molecule has 1 saturated heterocycles. The maximum atomic E-state index is 13.0. The number of halogens is 1. The number of nitrogens with two attached hydrogens (primary N) is 1. The quantitative estimate of drug-likeness (QED) is 0.335. The van der Waals surface area contributed by atoms with Crippen molar-refractivity contribution >= 4 is 30.3 Å². The number of nitrogens with zero attached hydrogens (tertiary/aromatic N) is 7. The van der Waals surface area contributed by atoms with Gasteiger partial charge in [0.1, 0.15) is 5.69 Å². The van der Waals surface area contributed by atoms with E-state index in [1.165, 1.54) is 24.1 Å². The number of rotatable bonds is 7. The van der Waals surface area contributed by atoms with Crippen molar-refractivity contribution in [3.05, 3.63) is 35.2 Å². The first-order chi connectivity index (χ1) is 15.1. The van der Waals surface area contributed by atoms with Crippen LogP contribution in [-0.4, -0.2) is 67.6 Å². The topological polar surface area (TPSA) is 170 Å². The number of amides is 1. The summed E-state index contributed by atoms with van der Waals surface area (Å²) >= 11 is 0. The Balaban J connectivity index is 0.00000289. The van der Waals surface area contributed by atoms with E-state index in [1.807, 2.05) is 0 Å². The summed E-state index contributed by atoms with van der Waals surface area (Å²) in [5.74, 6) is -0.225. The molecule has 0 bridgehead atoms. The molecule has 0 unspecified atom stereocenters. The van der Waals surface area contributed by atoms with E-state index in [0.717, 1.165) is 25.9 Å². The molecular weight excluding hydrogens is 442 g/mol. The number of nitrogens with one attached hydrogen (secondary N) is 1. The average molecular weight is 464 g/mol. The highest BCUT2D eigenvalue weighted by Gasteiger charge is 2.26. The fraction of sp³-hybridized carbons (Fsp3) is 0.333. The lowest BCUT2D eigenvalue weighted by Crippen LogP contribution is -2.26. The Labute approximate surface area is 188 Å². The van der Waals surface area contributed by atoms with Gasteiger partial charge in [0, 0.05) is 6.54 Å². The summed E-state index contributed by atoms with van der Waals surface area (Å²) in [6, 6.07) is 4.73. The number of benzene rings is 1. The normalized spacial score (nSPS) is 13.9. The van der Waals surface area contributed by atoms with E-state index < -0.39 is 5.91 Å². The first-order valence-corrected chi connectivity index (χ1v) is 9.52. The van der Waals surface area contributed by atoms with Crippen LogP contribution in [0.15, 0.2) is 27.9 Å². The molecule has 1 aromatic carbocycles. The lowest BCUT2D eigenvalue weighted by molar-refractivity contribution is 0.0945. The number of carbonyl (C=O) groups excluding carboxylic acids is 1. The Bertz CT molecular complexity index is 1110. The van der Waals surface area contributed by atoms with Gasteiger partial charge in [0.25, 0.3) is 5.91 Å². The second kappa shape index (κ2) is 10.1. The van der Waals surface area contributed by atoms with Gasteiger partial charge in [-0.3, -0.25) is 9.69 Å². The SMILES string of the molecule is COc1ccc(/C=N/NC(=O)c2c(CN3CCCC3)nnn2-c2nonc2N)cc1O.Cl. The zero-order valence-electron chi connectivity index (χ0n) is 17.1. The Kier molecular flexibility index (Phi) is 7.22. The second-order valence-corrected chi connectivity index (χ2v) is 6.88. The van der Waals surface area contributed by atoms with Gasteiger partial charge in [-0.1, -0.05) is 5.21 Å². The third-order valence-electron chi connectivity index (χ3n) is 4.81. The molecule has 1 amide bonds. The van der Waals surface area contributed by atoms with Crippen LogP contribution in [-0.2, 0) is 6.54 Å². The van der Waals surface area contributed by atoms with Crippen LogP contribution in [0.4, 0.5) is 5.82 Å². The van der Waals surface area contributed by atoms with E-state index in [9.17, 15) is 9.90 Å². The molecule has 0 atom stereocenters. The highest BCUT2D eigenvalue weighted by Crippen LogP contribution is 2.25. The number of likely N-dealkylation sites (tertiary alicyclic amines) is 1.